The molecule has 0 radical (unpaired) electrons. The van der Waals surface area contributed by atoms with Gasteiger partial charge in [-0.15, -0.1) is 0 Å². The van der Waals surface area contributed by atoms with E-state index < -0.39 is 0 Å². The van der Waals surface area contributed by atoms with Gasteiger partial charge < -0.3 is 9.64 Å². The second-order valence-corrected chi connectivity index (χ2v) is 6.01. The van der Waals surface area contributed by atoms with Crippen LogP contribution < -0.4 is 4.90 Å². The molecule has 0 N–H and O–H groups in total. The Labute approximate surface area is 141 Å². The highest BCUT2D eigenvalue weighted by Gasteiger charge is 2.27. The lowest BCUT2D eigenvalue weighted by Crippen LogP contribution is -2.39. The molecule has 1 saturated heterocycles. The molecule has 2 aliphatic heterocycles. The lowest BCUT2D eigenvalue weighted by Gasteiger charge is -2.30. The van der Waals surface area contributed by atoms with E-state index in [1.54, 1.807) is 4.90 Å². The average Bonchev–Trinajstić information content (AvgIpc) is 3.17. The Bertz CT molecular complexity index is 767. The molecule has 122 valence electrons. The predicted molar refractivity (Wildman–Crippen MR) is 93.5 cm³/mol. The van der Waals surface area contributed by atoms with Crippen LogP contribution >= 0.6 is 0 Å². The minimum Gasteiger partial charge on any atom is -0.375 e. The van der Waals surface area contributed by atoms with Crippen molar-refractivity contribution >= 4 is 23.5 Å². The van der Waals surface area contributed by atoms with Gasteiger partial charge in [-0.2, -0.15) is 4.99 Å². The minimum atomic E-state index is -0.313. The van der Waals surface area contributed by atoms with Crippen LogP contribution in [0, 0.1) is 0 Å². The first-order chi connectivity index (χ1) is 11.8. The van der Waals surface area contributed by atoms with E-state index >= 15 is 0 Å². The van der Waals surface area contributed by atoms with Crippen molar-refractivity contribution in [2.75, 3.05) is 18.0 Å². The van der Waals surface area contributed by atoms with Crippen LogP contribution in [0.15, 0.2) is 59.6 Å². The van der Waals surface area contributed by atoms with E-state index in [4.69, 9.17) is 4.74 Å². The molecule has 1 amide bonds. The van der Waals surface area contributed by atoms with Gasteiger partial charge in [0, 0.05) is 18.8 Å². The largest absolute Gasteiger partial charge is 0.417 e. The molecule has 1 fully saturated rings. The lowest BCUT2D eigenvalue weighted by atomic mass is 10.1. The van der Waals surface area contributed by atoms with Crippen LogP contribution in [0.5, 0.6) is 0 Å². The van der Waals surface area contributed by atoms with E-state index in [9.17, 15) is 4.79 Å². The number of rotatable bonds is 1. The topological polar surface area (TPSA) is 45.1 Å². The number of nitrogens with zero attached hydrogens (tertiary/aromatic N) is 3. The van der Waals surface area contributed by atoms with E-state index in [-0.39, 0.29) is 6.09 Å². The highest BCUT2D eigenvalue weighted by atomic mass is 16.6. The van der Waals surface area contributed by atoms with Gasteiger partial charge in [-0.05, 0) is 36.6 Å². The van der Waals surface area contributed by atoms with E-state index in [2.05, 4.69) is 4.99 Å². The van der Waals surface area contributed by atoms with Crippen LogP contribution in [0.2, 0.25) is 0 Å². The van der Waals surface area contributed by atoms with Crippen molar-refractivity contribution in [1.82, 2.24) is 4.90 Å². The standard InChI is InChI=1S/C19H19N3O2/c23-19(21-12-6-7-13-21)24-18-20-17-11-5-4-8-15(17)14-22(18)16-9-2-1-3-10-16/h1-5,8-11H,6-7,12-14H2. The number of hydrogen-bond acceptors (Lipinski definition) is 4. The van der Waals surface area contributed by atoms with E-state index in [1.807, 2.05) is 59.5 Å². The fourth-order valence-electron chi connectivity index (χ4n) is 3.08. The fraction of sp³-hybridized carbons (Fsp3) is 0.263. The van der Waals surface area contributed by atoms with Gasteiger partial charge in [-0.3, -0.25) is 4.90 Å². The maximum atomic E-state index is 12.4. The van der Waals surface area contributed by atoms with Gasteiger partial charge in [0.05, 0.1) is 12.2 Å². The highest BCUT2D eigenvalue weighted by molar-refractivity contribution is 6.00. The molecule has 4 rings (SSSR count). The zero-order chi connectivity index (χ0) is 16.4. The number of carbonyl (C=O) groups is 1. The molecule has 0 unspecified atom stereocenters. The Morgan fingerprint density at radius 1 is 0.958 bits per heavy atom. The monoisotopic (exact) mass is 321 g/mol. The molecule has 5 heteroatoms. The number of fused-ring (bicyclic) bond motifs is 1. The number of carbonyl (C=O) groups excluding carboxylic acids is 1. The molecule has 24 heavy (non-hydrogen) atoms. The first-order valence-electron chi connectivity index (χ1n) is 8.27. The van der Waals surface area contributed by atoms with E-state index in [1.165, 1.54) is 0 Å². The van der Waals surface area contributed by atoms with Gasteiger partial charge in [-0.1, -0.05) is 36.4 Å². The SMILES string of the molecule is O=C(OC1=Nc2ccccc2CN1c1ccccc1)N1CCCC1. The van der Waals surface area contributed by atoms with Crippen LogP contribution in [0.1, 0.15) is 18.4 Å². The molecule has 0 atom stereocenters. The molecule has 2 aliphatic rings. The third-order valence-corrected chi connectivity index (χ3v) is 4.38. The van der Waals surface area contributed by atoms with E-state index in [0.29, 0.717) is 12.6 Å². The predicted octanol–water partition coefficient (Wildman–Crippen LogP) is 3.93. The van der Waals surface area contributed by atoms with Crippen molar-refractivity contribution in [3.8, 4) is 0 Å². The summed E-state index contributed by atoms with van der Waals surface area (Å²) >= 11 is 0. The van der Waals surface area contributed by atoms with Gasteiger partial charge in [-0.25, -0.2) is 4.79 Å². The Morgan fingerprint density at radius 2 is 1.67 bits per heavy atom. The van der Waals surface area contributed by atoms with Crippen LogP contribution in [0.25, 0.3) is 0 Å². The molecule has 2 aromatic rings. The molecule has 0 bridgehead atoms. The summed E-state index contributed by atoms with van der Waals surface area (Å²) in [6.45, 7) is 2.15. The molecule has 2 aromatic carbocycles. The second-order valence-electron chi connectivity index (χ2n) is 6.01. The first kappa shape index (κ1) is 14.8. The summed E-state index contributed by atoms with van der Waals surface area (Å²) in [5.74, 6) is 0. The summed E-state index contributed by atoms with van der Waals surface area (Å²) in [7, 11) is 0. The maximum Gasteiger partial charge on any atom is 0.417 e. The first-order valence-corrected chi connectivity index (χ1v) is 8.27. The van der Waals surface area contributed by atoms with Crippen LogP contribution in [-0.4, -0.2) is 30.1 Å². The fourth-order valence-corrected chi connectivity index (χ4v) is 3.08. The van der Waals surface area contributed by atoms with Gasteiger partial charge in [0.2, 0.25) is 0 Å². The number of hydrogen-bond donors (Lipinski definition) is 0. The van der Waals surface area contributed by atoms with Gasteiger partial charge in [0.15, 0.2) is 0 Å². The molecule has 0 saturated carbocycles. The number of amides is 1. The number of aliphatic imine (C=N–C) groups is 1. The molecule has 0 aromatic heterocycles. The van der Waals surface area contributed by atoms with Crippen LogP contribution in [-0.2, 0) is 11.3 Å². The van der Waals surface area contributed by atoms with Crippen molar-refractivity contribution in [2.24, 2.45) is 4.99 Å². The summed E-state index contributed by atoms with van der Waals surface area (Å²) in [5.41, 5.74) is 2.93. The summed E-state index contributed by atoms with van der Waals surface area (Å²) in [6.07, 6.45) is 1.76. The molecule has 5 nitrogen and oxygen atoms in total. The van der Waals surface area contributed by atoms with Crippen LogP contribution in [0.3, 0.4) is 0 Å². The summed E-state index contributed by atoms with van der Waals surface area (Å²) in [4.78, 5) is 20.7. The van der Waals surface area contributed by atoms with E-state index in [0.717, 1.165) is 42.9 Å². The summed E-state index contributed by atoms with van der Waals surface area (Å²) < 4.78 is 5.66. The van der Waals surface area contributed by atoms with Crippen molar-refractivity contribution in [3.05, 3.63) is 60.2 Å². The van der Waals surface area contributed by atoms with Crippen LogP contribution in [0.4, 0.5) is 16.2 Å². The van der Waals surface area contributed by atoms with Crippen molar-refractivity contribution < 1.29 is 9.53 Å². The normalized spacial score (nSPS) is 16.6. The Kier molecular flexibility index (Phi) is 3.91. The Morgan fingerprint density at radius 3 is 2.46 bits per heavy atom. The number of anilines is 1. The molecular weight excluding hydrogens is 302 g/mol. The van der Waals surface area contributed by atoms with Gasteiger partial charge >= 0.3 is 12.1 Å². The number of likely N-dealkylation sites (tertiary alicyclic amines) is 1. The van der Waals surface area contributed by atoms with Crippen molar-refractivity contribution in [3.63, 3.8) is 0 Å². The molecule has 2 heterocycles. The zero-order valence-corrected chi connectivity index (χ0v) is 13.4. The summed E-state index contributed by atoms with van der Waals surface area (Å²) in [5, 5.41) is 0. The smallest absolute Gasteiger partial charge is 0.375 e. The highest BCUT2D eigenvalue weighted by Crippen LogP contribution is 2.29. The van der Waals surface area contributed by atoms with Gasteiger partial charge in [0.1, 0.15) is 0 Å². The second kappa shape index (κ2) is 6.35. The zero-order valence-electron chi connectivity index (χ0n) is 13.4. The number of ether oxygens (including phenoxy) is 1. The van der Waals surface area contributed by atoms with Crippen molar-refractivity contribution in [2.45, 2.75) is 19.4 Å². The Balaban J connectivity index is 1.66. The molecule has 0 spiro atoms. The third kappa shape index (κ3) is 2.85. The Hall–Kier alpha value is -2.82. The molecular formula is C19H19N3O2. The van der Waals surface area contributed by atoms with Crippen molar-refractivity contribution in [1.29, 1.82) is 0 Å². The number of amidine groups is 1. The minimum absolute atomic E-state index is 0.313. The average molecular weight is 321 g/mol. The quantitative estimate of drug-likeness (QED) is 0.799. The third-order valence-electron chi connectivity index (χ3n) is 4.38. The number of benzene rings is 2. The lowest BCUT2D eigenvalue weighted by molar-refractivity contribution is 0.158. The number of para-hydroxylation sites is 2. The molecule has 0 aliphatic carbocycles. The maximum absolute atomic E-state index is 12.4. The van der Waals surface area contributed by atoms with Gasteiger partial charge in [0.25, 0.3) is 0 Å². The summed E-state index contributed by atoms with van der Waals surface area (Å²) in [6, 6.07) is 18.2.